The number of carbonyl (C=O) groups excluding carboxylic acids is 2. The number of nitrogens with zero attached hydrogens (tertiary/aromatic N) is 3. The van der Waals surface area contributed by atoms with Gasteiger partial charge in [-0.15, -0.1) is 0 Å². The van der Waals surface area contributed by atoms with Gasteiger partial charge in [0.1, 0.15) is 16.4 Å². The van der Waals surface area contributed by atoms with Crippen LogP contribution in [0.4, 0.5) is 10.1 Å². The number of amides is 1. The molecule has 0 aliphatic heterocycles. The summed E-state index contributed by atoms with van der Waals surface area (Å²) in [6, 6.07) is 12.7. The van der Waals surface area contributed by atoms with Gasteiger partial charge in [-0.05, 0) is 24.3 Å². The zero-order valence-corrected chi connectivity index (χ0v) is 17.1. The number of para-hydroxylation sites is 1. The number of H-pyrrole nitrogens is 1. The van der Waals surface area contributed by atoms with E-state index in [2.05, 4.69) is 25.3 Å². The Hall–Kier alpha value is -3.79. The molecule has 4 rings (SSSR count). The Morgan fingerprint density at radius 1 is 1.13 bits per heavy atom. The topological polar surface area (TPSA) is 110 Å². The summed E-state index contributed by atoms with van der Waals surface area (Å²) in [4.78, 5) is 40.2. The van der Waals surface area contributed by atoms with E-state index in [1.54, 1.807) is 42.5 Å². The number of aromatic nitrogens is 4. The van der Waals surface area contributed by atoms with E-state index >= 15 is 0 Å². The summed E-state index contributed by atoms with van der Waals surface area (Å²) in [6.45, 7) is 0. The fourth-order valence-corrected chi connectivity index (χ4v) is 3.66. The quantitative estimate of drug-likeness (QED) is 0.269. The van der Waals surface area contributed by atoms with Crippen LogP contribution < -0.4 is 5.32 Å². The molecule has 8 nitrogen and oxygen atoms in total. The van der Waals surface area contributed by atoms with E-state index in [9.17, 15) is 14.0 Å². The molecule has 0 atom stereocenters. The zero-order valence-electron chi connectivity index (χ0n) is 16.3. The summed E-state index contributed by atoms with van der Waals surface area (Å²) in [7, 11) is 1.27. The van der Waals surface area contributed by atoms with Crippen LogP contribution >= 0.6 is 11.8 Å². The molecule has 0 aliphatic rings. The molecule has 4 aromatic rings. The largest absolute Gasteiger partial charge is 0.465 e. The second-order valence-electron chi connectivity index (χ2n) is 6.31. The van der Waals surface area contributed by atoms with Gasteiger partial charge in [-0.1, -0.05) is 36.0 Å². The molecule has 0 fully saturated rings. The number of methoxy groups -OCH3 is 1. The second-order valence-corrected chi connectivity index (χ2v) is 7.27. The summed E-state index contributed by atoms with van der Waals surface area (Å²) in [5, 5.41) is 3.16. The number of halogens is 1. The molecule has 0 aliphatic carbocycles. The van der Waals surface area contributed by atoms with E-state index in [4.69, 9.17) is 4.74 Å². The number of thioether (sulfide) groups is 1. The number of anilines is 1. The average molecular weight is 437 g/mol. The Kier molecular flexibility index (Phi) is 5.89. The maximum absolute atomic E-state index is 14.2. The van der Waals surface area contributed by atoms with Crippen molar-refractivity contribution in [2.24, 2.45) is 0 Å². The SMILES string of the molecule is COC(=O)c1ccccc1NC(=O)CSc1nc(-c2ccccc2F)nc2nc[nH]c12. The predicted molar refractivity (Wildman–Crippen MR) is 114 cm³/mol. The van der Waals surface area contributed by atoms with Crippen LogP contribution in [0.1, 0.15) is 10.4 Å². The van der Waals surface area contributed by atoms with Crippen molar-refractivity contribution in [3.05, 3.63) is 66.2 Å². The lowest BCUT2D eigenvalue weighted by Crippen LogP contribution is -2.17. The van der Waals surface area contributed by atoms with Crippen molar-refractivity contribution in [2.45, 2.75) is 5.03 Å². The van der Waals surface area contributed by atoms with Crippen LogP contribution in [0.2, 0.25) is 0 Å². The number of esters is 1. The summed E-state index contributed by atoms with van der Waals surface area (Å²) in [5.74, 6) is -1.17. The number of imidazole rings is 1. The molecule has 31 heavy (non-hydrogen) atoms. The first-order valence-electron chi connectivity index (χ1n) is 9.13. The van der Waals surface area contributed by atoms with E-state index in [-0.39, 0.29) is 28.6 Å². The summed E-state index contributed by atoms with van der Waals surface area (Å²) in [6.07, 6.45) is 1.46. The van der Waals surface area contributed by atoms with Gasteiger partial charge in [0.2, 0.25) is 5.91 Å². The number of hydrogen-bond donors (Lipinski definition) is 2. The van der Waals surface area contributed by atoms with Gasteiger partial charge in [-0.3, -0.25) is 4.79 Å². The summed E-state index contributed by atoms with van der Waals surface area (Å²) in [5.41, 5.74) is 1.76. The molecule has 0 bridgehead atoms. The first kappa shape index (κ1) is 20.5. The summed E-state index contributed by atoms with van der Waals surface area (Å²) < 4.78 is 18.9. The van der Waals surface area contributed by atoms with Crippen molar-refractivity contribution < 1.29 is 18.7 Å². The highest BCUT2D eigenvalue weighted by atomic mass is 32.2. The Labute approximate surface area is 180 Å². The van der Waals surface area contributed by atoms with Crippen molar-refractivity contribution in [3.63, 3.8) is 0 Å². The Morgan fingerprint density at radius 2 is 1.90 bits per heavy atom. The standard InChI is InChI=1S/C21H16FN5O3S/c1-30-21(29)13-7-3-5-9-15(13)25-16(28)10-31-20-17-19(24-11-23-17)26-18(27-20)12-6-2-4-8-14(12)22/h2-9,11H,10H2,1H3,(H,25,28)(H,23,24,26,27). The zero-order chi connectivity index (χ0) is 21.8. The van der Waals surface area contributed by atoms with Crippen molar-refractivity contribution >= 4 is 40.5 Å². The van der Waals surface area contributed by atoms with Crippen LogP contribution in [0.5, 0.6) is 0 Å². The van der Waals surface area contributed by atoms with Gasteiger partial charge in [0, 0.05) is 0 Å². The number of nitrogens with one attached hydrogen (secondary N) is 2. The fourth-order valence-electron chi connectivity index (χ4n) is 2.87. The van der Waals surface area contributed by atoms with Gasteiger partial charge in [-0.25, -0.2) is 24.1 Å². The Morgan fingerprint density at radius 3 is 2.71 bits per heavy atom. The molecular weight excluding hydrogens is 421 g/mol. The number of benzene rings is 2. The molecule has 1 amide bonds. The minimum absolute atomic E-state index is 0.00263. The predicted octanol–water partition coefficient (Wildman–Crippen LogP) is 3.68. The third-order valence-electron chi connectivity index (χ3n) is 4.31. The first-order chi connectivity index (χ1) is 15.1. The van der Waals surface area contributed by atoms with Crippen molar-refractivity contribution in [1.29, 1.82) is 0 Å². The van der Waals surface area contributed by atoms with Crippen LogP contribution in [-0.4, -0.2) is 44.7 Å². The Bertz CT molecular complexity index is 1280. The number of aromatic amines is 1. The van der Waals surface area contributed by atoms with E-state index in [0.717, 1.165) is 11.8 Å². The van der Waals surface area contributed by atoms with Gasteiger partial charge in [0.25, 0.3) is 0 Å². The van der Waals surface area contributed by atoms with E-state index in [1.165, 1.54) is 19.5 Å². The maximum atomic E-state index is 14.2. The number of fused-ring (bicyclic) bond motifs is 1. The molecule has 10 heteroatoms. The molecule has 0 spiro atoms. The van der Waals surface area contributed by atoms with Gasteiger partial charge in [0.15, 0.2) is 11.5 Å². The van der Waals surface area contributed by atoms with Gasteiger partial charge in [-0.2, -0.15) is 0 Å². The molecule has 2 N–H and O–H groups in total. The highest BCUT2D eigenvalue weighted by Crippen LogP contribution is 2.28. The van der Waals surface area contributed by atoms with Gasteiger partial charge >= 0.3 is 5.97 Å². The lowest BCUT2D eigenvalue weighted by Gasteiger charge is -2.10. The van der Waals surface area contributed by atoms with Gasteiger partial charge < -0.3 is 15.0 Å². The molecule has 0 unspecified atom stereocenters. The van der Waals surface area contributed by atoms with Gasteiger partial charge in [0.05, 0.1) is 36.0 Å². The lowest BCUT2D eigenvalue weighted by atomic mass is 10.2. The highest BCUT2D eigenvalue weighted by molar-refractivity contribution is 8.00. The summed E-state index contributed by atoms with van der Waals surface area (Å²) >= 11 is 1.14. The average Bonchev–Trinajstić information content (AvgIpc) is 3.26. The van der Waals surface area contributed by atoms with Crippen LogP contribution in [0, 0.1) is 5.82 Å². The maximum Gasteiger partial charge on any atom is 0.339 e. The molecule has 156 valence electrons. The van der Waals surface area contributed by atoms with E-state index < -0.39 is 11.8 Å². The fraction of sp³-hybridized carbons (Fsp3) is 0.0952. The number of hydrogen-bond acceptors (Lipinski definition) is 7. The third kappa shape index (κ3) is 4.38. The lowest BCUT2D eigenvalue weighted by molar-refractivity contribution is -0.113. The van der Waals surface area contributed by atoms with Crippen molar-refractivity contribution in [2.75, 3.05) is 18.2 Å². The van der Waals surface area contributed by atoms with E-state index in [0.29, 0.717) is 21.9 Å². The third-order valence-corrected chi connectivity index (χ3v) is 5.29. The molecule has 2 aromatic carbocycles. The molecule has 0 saturated carbocycles. The number of rotatable bonds is 6. The first-order valence-corrected chi connectivity index (χ1v) is 10.1. The monoisotopic (exact) mass is 437 g/mol. The smallest absolute Gasteiger partial charge is 0.339 e. The minimum atomic E-state index is -0.548. The molecule has 2 aromatic heterocycles. The van der Waals surface area contributed by atoms with E-state index in [1.807, 2.05) is 0 Å². The molecule has 0 saturated heterocycles. The van der Waals surface area contributed by atoms with Crippen molar-refractivity contribution in [1.82, 2.24) is 19.9 Å². The normalized spacial score (nSPS) is 10.8. The van der Waals surface area contributed by atoms with Crippen LogP contribution in [-0.2, 0) is 9.53 Å². The number of ether oxygens (including phenoxy) is 1. The molecule has 0 radical (unpaired) electrons. The minimum Gasteiger partial charge on any atom is -0.465 e. The molecular formula is C21H16FN5O3S. The van der Waals surface area contributed by atoms with Crippen molar-refractivity contribution in [3.8, 4) is 11.4 Å². The number of carbonyl (C=O) groups is 2. The molecule has 2 heterocycles. The van der Waals surface area contributed by atoms with Crippen LogP contribution in [0.3, 0.4) is 0 Å². The van der Waals surface area contributed by atoms with Crippen LogP contribution in [0.15, 0.2) is 59.9 Å². The Balaban J connectivity index is 1.56. The second kappa shape index (κ2) is 8.92. The van der Waals surface area contributed by atoms with Crippen LogP contribution in [0.25, 0.3) is 22.6 Å². The highest BCUT2D eigenvalue weighted by Gasteiger charge is 2.17.